The summed E-state index contributed by atoms with van der Waals surface area (Å²) in [6, 6.07) is 6.03. The Bertz CT molecular complexity index is 1720. The molecule has 268 valence electrons. The Kier molecular flexibility index (Phi) is 9.61. The lowest BCUT2D eigenvalue weighted by Gasteiger charge is -2.31. The number of carbonyl (C=O) groups is 2. The number of aromatic nitrogens is 2. The van der Waals surface area contributed by atoms with Crippen molar-refractivity contribution in [1.82, 2.24) is 14.9 Å². The molecule has 0 bridgehead atoms. The van der Waals surface area contributed by atoms with Gasteiger partial charge < -0.3 is 19.1 Å². The first-order chi connectivity index (χ1) is 23.7. The van der Waals surface area contributed by atoms with E-state index in [1.54, 1.807) is 6.20 Å². The van der Waals surface area contributed by atoms with Crippen molar-refractivity contribution in [2.45, 2.75) is 76.0 Å². The van der Waals surface area contributed by atoms with Crippen molar-refractivity contribution in [3.8, 4) is 16.9 Å². The van der Waals surface area contributed by atoms with E-state index in [4.69, 9.17) is 19.2 Å². The number of alkyl halides is 6. The largest absolute Gasteiger partial charge is 0.496 e. The molecule has 2 saturated heterocycles. The number of hydrogen-bond acceptors (Lipinski definition) is 8. The minimum atomic E-state index is -5.06. The van der Waals surface area contributed by atoms with E-state index in [0.717, 1.165) is 37.9 Å². The Morgan fingerprint density at radius 3 is 2.14 bits per heavy atom. The summed E-state index contributed by atoms with van der Waals surface area (Å²) in [6.07, 6.45) is -6.94. The van der Waals surface area contributed by atoms with Crippen molar-refractivity contribution >= 4 is 18.0 Å². The Morgan fingerprint density at radius 1 is 0.920 bits per heavy atom. The number of carbonyl (C=O) groups excluding carboxylic acids is 2. The fraction of sp³-hybridized carbons (Fsp3) is 0.486. The van der Waals surface area contributed by atoms with Gasteiger partial charge in [-0.3, -0.25) is 9.69 Å². The molecular formula is C35H36F6N4O5. The molecule has 2 aromatic carbocycles. The highest BCUT2D eigenvalue weighted by molar-refractivity contribution is 5.75. The van der Waals surface area contributed by atoms with E-state index in [2.05, 4.69) is 4.98 Å². The molecular weight excluding hydrogens is 670 g/mol. The molecule has 1 saturated carbocycles. The second kappa shape index (κ2) is 13.6. The predicted octanol–water partition coefficient (Wildman–Crippen LogP) is 7.93. The molecule has 1 amide bonds. The van der Waals surface area contributed by atoms with Crippen LogP contribution in [0.4, 0.5) is 37.1 Å². The monoisotopic (exact) mass is 706 g/mol. The number of benzene rings is 2. The molecule has 9 nitrogen and oxygen atoms in total. The molecule has 3 aliphatic rings. The van der Waals surface area contributed by atoms with Crippen LogP contribution in [0.1, 0.15) is 79.0 Å². The molecule has 15 heteroatoms. The van der Waals surface area contributed by atoms with Crippen molar-refractivity contribution < 1.29 is 50.1 Å². The molecule has 3 heterocycles. The van der Waals surface area contributed by atoms with E-state index in [9.17, 15) is 35.9 Å². The van der Waals surface area contributed by atoms with E-state index < -0.39 is 47.3 Å². The van der Waals surface area contributed by atoms with E-state index in [1.807, 2.05) is 23.1 Å². The van der Waals surface area contributed by atoms with Crippen LogP contribution in [0.3, 0.4) is 0 Å². The molecule has 1 aliphatic carbocycles. The molecule has 6 rings (SSSR count). The lowest BCUT2D eigenvalue weighted by atomic mass is 9.78. The number of ether oxygens (including phenoxy) is 3. The normalized spacial score (nSPS) is 22.6. The minimum absolute atomic E-state index is 0.0412. The number of esters is 1. The topological polar surface area (TPSA) is 94.1 Å². The van der Waals surface area contributed by atoms with Crippen molar-refractivity contribution in [1.29, 1.82) is 0 Å². The van der Waals surface area contributed by atoms with E-state index in [-0.39, 0.29) is 30.4 Å². The van der Waals surface area contributed by atoms with Crippen molar-refractivity contribution in [3.05, 3.63) is 70.5 Å². The molecule has 2 aliphatic heterocycles. The van der Waals surface area contributed by atoms with Crippen LogP contribution >= 0.6 is 0 Å². The van der Waals surface area contributed by atoms with Gasteiger partial charge in [0, 0.05) is 30.4 Å². The maximum Gasteiger partial charge on any atom is 0.416 e. The number of anilines is 1. The first-order valence-electron chi connectivity index (χ1n) is 16.3. The first kappa shape index (κ1) is 35.3. The fourth-order valence-corrected chi connectivity index (χ4v) is 6.90. The third-order valence-corrected chi connectivity index (χ3v) is 9.89. The lowest BCUT2D eigenvalue weighted by molar-refractivity contribution is -0.147. The van der Waals surface area contributed by atoms with Gasteiger partial charge in [0.05, 0.1) is 49.5 Å². The van der Waals surface area contributed by atoms with Gasteiger partial charge >= 0.3 is 24.4 Å². The summed E-state index contributed by atoms with van der Waals surface area (Å²) in [5, 5.41) is 0. The second-order valence-electron chi connectivity index (χ2n) is 12.9. The summed E-state index contributed by atoms with van der Waals surface area (Å²) in [4.78, 5) is 38.0. The number of halogens is 6. The van der Waals surface area contributed by atoms with Crippen molar-refractivity contribution in [2.24, 2.45) is 5.92 Å². The Hall–Kier alpha value is -4.56. The Balaban J connectivity index is 1.34. The smallest absolute Gasteiger partial charge is 0.416 e. The van der Waals surface area contributed by atoms with Crippen LogP contribution in [0.5, 0.6) is 5.75 Å². The Labute approximate surface area is 284 Å². The highest BCUT2D eigenvalue weighted by atomic mass is 19.4. The van der Waals surface area contributed by atoms with Crippen LogP contribution in [-0.4, -0.2) is 60.3 Å². The Morgan fingerprint density at radius 2 is 1.58 bits per heavy atom. The molecule has 0 radical (unpaired) electrons. The average Bonchev–Trinajstić information content (AvgIpc) is 3.34. The lowest BCUT2D eigenvalue weighted by Crippen LogP contribution is -2.39. The molecule has 2 atom stereocenters. The van der Waals surface area contributed by atoms with E-state index >= 15 is 0 Å². The summed E-state index contributed by atoms with van der Waals surface area (Å²) in [6.45, 7) is 2.80. The quantitative estimate of drug-likeness (QED) is 0.172. The average molecular weight is 707 g/mol. The third kappa shape index (κ3) is 7.04. The van der Waals surface area contributed by atoms with Crippen LogP contribution in [0, 0.1) is 5.92 Å². The maximum absolute atomic E-state index is 13.6. The highest BCUT2D eigenvalue weighted by Gasteiger charge is 2.44. The summed E-state index contributed by atoms with van der Waals surface area (Å²) in [5.74, 6) is 0.736. The molecule has 0 N–H and O–H groups in total. The van der Waals surface area contributed by atoms with Crippen molar-refractivity contribution in [3.63, 3.8) is 0 Å². The van der Waals surface area contributed by atoms with E-state index in [1.165, 1.54) is 26.0 Å². The van der Waals surface area contributed by atoms with Gasteiger partial charge in [0.15, 0.2) is 0 Å². The summed E-state index contributed by atoms with van der Waals surface area (Å²) >= 11 is 0. The van der Waals surface area contributed by atoms with Crippen LogP contribution in [0.25, 0.3) is 11.1 Å². The van der Waals surface area contributed by atoms with Gasteiger partial charge in [0.2, 0.25) is 5.95 Å². The zero-order chi connectivity index (χ0) is 36.0. The number of methoxy groups -OCH3 is 2. The minimum Gasteiger partial charge on any atom is -0.496 e. The van der Waals surface area contributed by atoms with Crippen molar-refractivity contribution in [2.75, 3.05) is 32.2 Å². The molecule has 1 aromatic heterocycles. The fourth-order valence-electron chi connectivity index (χ4n) is 6.90. The number of cyclic esters (lactones) is 1. The van der Waals surface area contributed by atoms with E-state index in [0.29, 0.717) is 53.5 Å². The third-order valence-electron chi connectivity index (χ3n) is 9.89. The van der Waals surface area contributed by atoms with Crippen LogP contribution in [0.15, 0.2) is 42.6 Å². The molecule has 3 aromatic rings. The molecule has 50 heavy (non-hydrogen) atoms. The summed E-state index contributed by atoms with van der Waals surface area (Å²) in [5.41, 5.74) is -0.806. The maximum atomic E-state index is 13.6. The number of hydrogen-bond donors (Lipinski definition) is 0. The standard InChI is InChI=1S/C35H36F6N4O5/c1-19-30(23-13-24(34(36,37)38)16-25(14-23)35(39,40)41)50-33(47)45(19)18-28-27(17-42-32(43-28)44-11-4-12-44)26-15-22(9-10-29(26)48-2)20-5-7-21(8-6-20)31(46)49-3/h9-10,13-17,19-21,30H,4-8,11-12,18H2,1-3H3/t19-,20?,21?,30-/m0/s1. The van der Waals surface area contributed by atoms with Gasteiger partial charge in [-0.05, 0) is 86.4 Å². The number of rotatable bonds is 8. The molecule has 0 spiro atoms. The first-order valence-corrected chi connectivity index (χ1v) is 16.3. The van der Waals surface area contributed by atoms with Gasteiger partial charge in [-0.1, -0.05) is 6.07 Å². The predicted molar refractivity (Wildman–Crippen MR) is 168 cm³/mol. The molecule has 3 fully saturated rings. The van der Waals surface area contributed by atoms with Crippen LogP contribution in [0.2, 0.25) is 0 Å². The van der Waals surface area contributed by atoms with Gasteiger partial charge in [0.1, 0.15) is 11.9 Å². The van der Waals surface area contributed by atoms with Gasteiger partial charge in [-0.15, -0.1) is 0 Å². The second-order valence-corrected chi connectivity index (χ2v) is 12.9. The van der Waals surface area contributed by atoms with Gasteiger partial charge in [-0.2, -0.15) is 26.3 Å². The highest BCUT2D eigenvalue weighted by Crippen LogP contribution is 2.43. The zero-order valence-corrected chi connectivity index (χ0v) is 27.6. The van der Waals surface area contributed by atoms with Crippen LogP contribution < -0.4 is 9.64 Å². The van der Waals surface area contributed by atoms with Gasteiger partial charge in [0.25, 0.3) is 0 Å². The summed E-state index contributed by atoms with van der Waals surface area (Å²) in [7, 11) is 2.90. The zero-order valence-electron chi connectivity index (χ0n) is 27.6. The van der Waals surface area contributed by atoms with Crippen LogP contribution in [-0.2, 0) is 33.2 Å². The van der Waals surface area contributed by atoms with Gasteiger partial charge in [-0.25, -0.2) is 14.8 Å². The number of nitrogens with zero attached hydrogens (tertiary/aromatic N) is 4. The SMILES string of the molecule is COC(=O)C1CCC(c2ccc(OC)c(-c3cnc(N4CCC4)nc3CN3C(=O)O[C@H](c4cc(C(F)(F)F)cc(C(F)(F)F)c4)[C@@H]3C)c2)CC1. The summed E-state index contributed by atoms with van der Waals surface area (Å²) < 4.78 is 98.0. The number of amides is 1. The molecule has 0 unspecified atom stereocenters.